The molecule has 0 aliphatic heterocycles. The number of hydrogen-bond donors (Lipinski definition) is 2. The van der Waals surface area contributed by atoms with Crippen molar-refractivity contribution >= 4 is 12.1 Å². The van der Waals surface area contributed by atoms with Crippen molar-refractivity contribution in [3.05, 3.63) is 35.9 Å². The van der Waals surface area contributed by atoms with Crippen molar-refractivity contribution in [3.8, 4) is 0 Å². The fraction of sp³-hybridized carbons (Fsp3) is 0.273. The number of carbonyl (C=O) groups is 2. The van der Waals surface area contributed by atoms with Crippen LogP contribution in [-0.2, 0) is 16.0 Å². The summed E-state index contributed by atoms with van der Waals surface area (Å²) in [6.45, 7) is 0. The molecule has 0 radical (unpaired) electrons. The lowest BCUT2D eigenvalue weighted by Crippen LogP contribution is -2.42. The summed E-state index contributed by atoms with van der Waals surface area (Å²) in [5.41, 5.74) is 0.839. The van der Waals surface area contributed by atoms with Crippen LogP contribution in [0.5, 0.6) is 0 Å². The van der Waals surface area contributed by atoms with E-state index in [9.17, 15) is 9.59 Å². The molecule has 0 fully saturated rings. The van der Waals surface area contributed by atoms with Gasteiger partial charge in [-0.25, -0.2) is 9.59 Å². The monoisotopic (exact) mass is 223 g/mol. The van der Waals surface area contributed by atoms with Crippen LogP contribution in [-0.4, -0.2) is 30.3 Å². The first-order chi connectivity index (χ1) is 7.63. The van der Waals surface area contributed by atoms with E-state index in [1.165, 1.54) is 7.11 Å². The number of aliphatic carboxylic acids is 1. The second-order valence-corrected chi connectivity index (χ2v) is 3.22. The van der Waals surface area contributed by atoms with Crippen molar-refractivity contribution in [2.45, 2.75) is 12.5 Å². The summed E-state index contributed by atoms with van der Waals surface area (Å²) in [4.78, 5) is 21.8. The van der Waals surface area contributed by atoms with Gasteiger partial charge in [-0.2, -0.15) is 0 Å². The standard InChI is InChI=1S/C11H13NO4/c1-16-11(15)12-9(10(13)14)7-8-5-3-2-4-6-8/h2-6,9H,7H2,1H3,(H,12,15)(H,13,14)/t9-/m1/s1. The molecule has 5 heteroatoms. The summed E-state index contributed by atoms with van der Waals surface area (Å²) >= 11 is 0. The summed E-state index contributed by atoms with van der Waals surface area (Å²) in [7, 11) is 1.19. The lowest BCUT2D eigenvalue weighted by molar-refractivity contribution is -0.139. The molecule has 1 aromatic carbocycles. The maximum atomic E-state index is 10.9. The molecular formula is C11H13NO4. The second-order valence-electron chi connectivity index (χ2n) is 3.22. The number of amides is 1. The van der Waals surface area contributed by atoms with Gasteiger partial charge < -0.3 is 15.2 Å². The highest BCUT2D eigenvalue weighted by Gasteiger charge is 2.20. The number of carboxylic acids is 1. The summed E-state index contributed by atoms with van der Waals surface area (Å²) < 4.78 is 4.36. The molecule has 0 saturated heterocycles. The number of ether oxygens (including phenoxy) is 1. The van der Waals surface area contributed by atoms with Crippen molar-refractivity contribution in [1.29, 1.82) is 0 Å². The molecule has 0 aromatic heterocycles. The third kappa shape index (κ3) is 3.61. The summed E-state index contributed by atoms with van der Waals surface area (Å²) in [5, 5.41) is 11.2. The van der Waals surface area contributed by atoms with Crippen LogP contribution in [0.1, 0.15) is 5.56 Å². The molecule has 1 amide bonds. The molecular weight excluding hydrogens is 210 g/mol. The molecule has 0 saturated carbocycles. The molecule has 2 N–H and O–H groups in total. The molecule has 0 bridgehead atoms. The third-order valence-corrected chi connectivity index (χ3v) is 2.06. The van der Waals surface area contributed by atoms with Crippen LogP contribution in [0.25, 0.3) is 0 Å². The van der Waals surface area contributed by atoms with Crippen LogP contribution in [0.3, 0.4) is 0 Å². The van der Waals surface area contributed by atoms with Crippen molar-refractivity contribution in [3.63, 3.8) is 0 Å². The summed E-state index contributed by atoms with van der Waals surface area (Å²) in [6, 6.07) is 8.09. The minimum absolute atomic E-state index is 0.227. The largest absolute Gasteiger partial charge is 0.480 e. The Morgan fingerprint density at radius 2 is 2.00 bits per heavy atom. The summed E-state index contributed by atoms with van der Waals surface area (Å²) in [5.74, 6) is -1.09. The first-order valence-electron chi connectivity index (χ1n) is 4.74. The van der Waals surface area contributed by atoms with E-state index in [1.807, 2.05) is 18.2 Å². The van der Waals surface area contributed by atoms with Gasteiger partial charge in [0.05, 0.1) is 7.11 Å². The van der Waals surface area contributed by atoms with E-state index in [-0.39, 0.29) is 6.42 Å². The van der Waals surface area contributed by atoms with E-state index in [1.54, 1.807) is 12.1 Å². The lowest BCUT2D eigenvalue weighted by atomic mass is 10.1. The van der Waals surface area contributed by atoms with Gasteiger partial charge in [0.1, 0.15) is 6.04 Å². The molecule has 0 heterocycles. The van der Waals surface area contributed by atoms with Gasteiger partial charge >= 0.3 is 12.1 Å². The van der Waals surface area contributed by atoms with Crippen molar-refractivity contribution in [2.75, 3.05) is 7.11 Å². The minimum atomic E-state index is -1.09. The van der Waals surface area contributed by atoms with Crippen molar-refractivity contribution in [2.24, 2.45) is 0 Å². The average Bonchev–Trinajstić information content (AvgIpc) is 2.29. The van der Waals surface area contributed by atoms with Crippen LogP contribution in [0.2, 0.25) is 0 Å². The van der Waals surface area contributed by atoms with E-state index in [0.717, 1.165) is 5.56 Å². The molecule has 5 nitrogen and oxygen atoms in total. The molecule has 0 aliphatic rings. The predicted molar refractivity (Wildman–Crippen MR) is 57.1 cm³/mol. The number of benzene rings is 1. The smallest absolute Gasteiger partial charge is 0.407 e. The third-order valence-electron chi connectivity index (χ3n) is 2.06. The van der Waals surface area contributed by atoms with Gasteiger partial charge in [0, 0.05) is 6.42 Å². The van der Waals surface area contributed by atoms with Crippen molar-refractivity contribution < 1.29 is 19.4 Å². The number of carboxylic acid groups (broad SMARTS) is 1. The van der Waals surface area contributed by atoms with Gasteiger partial charge in [0.25, 0.3) is 0 Å². The highest BCUT2D eigenvalue weighted by Crippen LogP contribution is 2.03. The van der Waals surface area contributed by atoms with E-state index >= 15 is 0 Å². The van der Waals surface area contributed by atoms with Crippen LogP contribution in [0.15, 0.2) is 30.3 Å². The van der Waals surface area contributed by atoms with Crippen LogP contribution < -0.4 is 5.32 Å². The van der Waals surface area contributed by atoms with E-state index in [2.05, 4.69) is 10.1 Å². The second kappa shape index (κ2) is 5.75. The van der Waals surface area contributed by atoms with Gasteiger partial charge in [-0.3, -0.25) is 0 Å². The summed E-state index contributed by atoms with van der Waals surface area (Å²) in [6.07, 6.45) is -0.519. The Morgan fingerprint density at radius 1 is 1.38 bits per heavy atom. The van der Waals surface area contributed by atoms with E-state index in [0.29, 0.717) is 0 Å². The molecule has 0 aliphatic carbocycles. The van der Waals surface area contributed by atoms with Gasteiger partial charge in [-0.1, -0.05) is 30.3 Å². The van der Waals surface area contributed by atoms with E-state index < -0.39 is 18.1 Å². The number of methoxy groups -OCH3 is 1. The fourth-order valence-corrected chi connectivity index (χ4v) is 1.25. The predicted octanol–water partition coefficient (Wildman–Crippen LogP) is 1.04. The molecule has 1 rings (SSSR count). The quantitative estimate of drug-likeness (QED) is 0.799. The Morgan fingerprint density at radius 3 is 2.50 bits per heavy atom. The van der Waals surface area contributed by atoms with Gasteiger partial charge in [-0.05, 0) is 5.56 Å². The molecule has 1 atom stereocenters. The number of hydrogen-bond acceptors (Lipinski definition) is 3. The SMILES string of the molecule is COC(=O)N[C@H](Cc1ccccc1)C(=O)O. The maximum Gasteiger partial charge on any atom is 0.407 e. The molecule has 0 unspecified atom stereocenters. The first-order valence-corrected chi connectivity index (χ1v) is 4.74. The minimum Gasteiger partial charge on any atom is -0.480 e. The average molecular weight is 223 g/mol. The van der Waals surface area contributed by atoms with E-state index in [4.69, 9.17) is 5.11 Å². The van der Waals surface area contributed by atoms with Gasteiger partial charge in [0.2, 0.25) is 0 Å². The number of rotatable bonds is 4. The Bertz CT molecular complexity index is 364. The Labute approximate surface area is 93.0 Å². The molecule has 16 heavy (non-hydrogen) atoms. The van der Waals surface area contributed by atoms with Crippen LogP contribution in [0, 0.1) is 0 Å². The number of carbonyl (C=O) groups excluding carboxylic acids is 1. The Hall–Kier alpha value is -2.04. The first kappa shape index (κ1) is 12.0. The normalized spacial score (nSPS) is 11.6. The van der Waals surface area contributed by atoms with Gasteiger partial charge in [0.15, 0.2) is 0 Å². The fourth-order valence-electron chi connectivity index (χ4n) is 1.25. The van der Waals surface area contributed by atoms with Crippen LogP contribution in [0.4, 0.5) is 4.79 Å². The molecule has 0 spiro atoms. The van der Waals surface area contributed by atoms with Gasteiger partial charge in [-0.15, -0.1) is 0 Å². The zero-order chi connectivity index (χ0) is 12.0. The Kier molecular flexibility index (Phi) is 4.32. The van der Waals surface area contributed by atoms with Crippen LogP contribution >= 0.6 is 0 Å². The molecule has 86 valence electrons. The Balaban J connectivity index is 2.65. The highest BCUT2D eigenvalue weighted by atomic mass is 16.5. The zero-order valence-corrected chi connectivity index (χ0v) is 8.84. The lowest BCUT2D eigenvalue weighted by Gasteiger charge is -2.13. The van der Waals surface area contributed by atoms with Crippen molar-refractivity contribution in [1.82, 2.24) is 5.32 Å². The topological polar surface area (TPSA) is 75.6 Å². The maximum absolute atomic E-state index is 10.9. The number of nitrogens with one attached hydrogen (secondary N) is 1. The highest BCUT2D eigenvalue weighted by molar-refractivity contribution is 5.80. The number of alkyl carbamates (subject to hydrolysis) is 1. The molecule has 1 aromatic rings. The zero-order valence-electron chi connectivity index (χ0n) is 8.84.